The normalized spacial score (nSPS) is 13.6. The summed E-state index contributed by atoms with van der Waals surface area (Å²) < 4.78 is 32.7. The van der Waals surface area contributed by atoms with Crippen LogP contribution < -0.4 is 20.5 Å². The van der Waals surface area contributed by atoms with Gasteiger partial charge in [0, 0.05) is 49.4 Å². The number of halogens is 1. The number of morpholine rings is 1. The monoisotopic (exact) mass is 536 g/mol. The molecule has 206 valence electrons. The largest absolute Gasteiger partial charge is 0.497 e. The van der Waals surface area contributed by atoms with E-state index in [1.54, 1.807) is 35.0 Å². The summed E-state index contributed by atoms with van der Waals surface area (Å²) in [6, 6.07) is 11.4. The molecule has 0 unspecified atom stereocenters. The molecule has 39 heavy (non-hydrogen) atoms. The van der Waals surface area contributed by atoms with Crippen LogP contribution in [0, 0.1) is 12.7 Å². The Balaban J connectivity index is 0.00000353. The number of fused-ring (bicyclic) bond motifs is 1. The molecule has 0 spiro atoms. The number of aryl methyl sites for hydroxylation is 1. The summed E-state index contributed by atoms with van der Waals surface area (Å²) in [5.41, 5.74) is 9.40. The van der Waals surface area contributed by atoms with Gasteiger partial charge in [-0.1, -0.05) is 13.5 Å². The number of hydrogen-bond acceptors (Lipinski definition) is 8. The number of nitrogens with zero attached hydrogens (tertiary/aromatic N) is 4. The fourth-order valence-corrected chi connectivity index (χ4v) is 4.40. The summed E-state index contributed by atoms with van der Waals surface area (Å²) >= 11 is 0. The SMILES string of the molecule is C.COc1ccc(Oc2cc(NCCN3CCOCC3)c3ncc(-c4ccc(C(N)=O)c(C)c4)n3n2)c(F)c1. The van der Waals surface area contributed by atoms with E-state index in [1.165, 1.54) is 19.2 Å². The first kappa shape index (κ1) is 27.8. The lowest BCUT2D eigenvalue weighted by atomic mass is 10.0. The zero-order chi connectivity index (χ0) is 26.6. The van der Waals surface area contributed by atoms with Crippen molar-refractivity contribution in [2.45, 2.75) is 14.4 Å². The quantitative estimate of drug-likeness (QED) is 0.328. The van der Waals surface area contributed by atoms with Gasteiger partial charge < -0.3 is 25.3 Å². The van der Waals surface area contributed by atoms with Crippen LogP contribution in [0.4, 0.5) is 10.1 Å². The topological polar surface area (TPSA) is 116 Å². The van der Waals surface area contributed by atoms with Gasteiger partial charge in [0.1, 0.15) is 5.75 Å². The van der Waals surface area contributed by atoms with Gasteiger partial charge >= 0.3 is 0 Å². The number of nitrogens with two attached hydrogens (primary N) is 1. The molecular weight excluding hydrogens is 503 g/mol. The molecule has 1 amide bonds. The number of methoxy groups -OCH3 is 1. The molecule has 0 bridgehead atoms. The van der Waals surface area contributed by atoms with E-state index >= 15 is 0 Å². The Morgan fingerprint density at radius 2 is 1.97 bits per heavy atom. The van der Waals surface area contributed by atoms with Crippen LogP contribution in [0.5, 0.6) is 17.4 Å². The fraction of sp³-hybridized carbons (Fsp3) is 0.321. The van der Waals surface area contributed by atoms with Gasteiger partial charge in [0.15, 0.2) is 17.2 Å². The standard InChI is InChI=1S/C27H29FN6O4.CH4/c1-17-13-18(3-5-20(17)26(29)35)23-16-31-27-22(30-7-8-33-9-11-37-12-10-33)15-25(32-34(23)27)38-24-6-4-19(36-2)14-21(24)28;/h3-6,13-16,30H,7-12H2,1-2H3,(H2,29,35);1H4. The first-order valence-corrected chi connectivity index (χ1v) is 12.3. The molecule has 11 heteroatoms. The van der Waals surface area contributed by atoms with E-state index in [0.29, 0.717) is 34.9 Å². The van der Waals surface area contributed by atoms with Crippen molar-refractivity contribution < 1.29 is 23.4 Å². The number of ether oxygens (including phenoxy) is 3. The lowest BCUT2D eigenvalue weighted by Gasteiger charge is -2.26. The van der Waals surface area contributed by atoms with E-state index in [9.17, 15) is 9.18 Å². The molecule has 10 nitrogen and oxygen atoms in total. The van der Waals surface area contributed by atoms with Gasteiger partial charge in [-0.15, -0.1) is 5.10 Å². The van der Waals surface area contributed by atoms with Crippen molar-refractivity contribution in [3.8, 4) is 28.6 Å². The molecule has 4 aromatic rings. The Labute approximate surface area is 226 Å². The van der Waals surface area contributed by atoms with Gasteiger partial charge in [-0.2, -0.15) is 0 Å². The molecule has 0 saturated carbocycles. The lowest BCUT2D eigenvalue weighted by Crippen LogP contribution is -2.39. The van der Waals surface area contributed by atoms with E-state index in [2.05, 4.69) is 20.3 Å². The highest BCUT2D eigenvalue weighted by Crippen LogP contribution is 2.31. The molecule has 1 saturated heterocycles. The minimum absolute atomic E-state index is 0. The zero-order valence-electron chi connectivity index (χ0n) is 21.2. The number of anilines is 1. The summed E-state index contributed by atoms with van der Waals surface area (Å²) in [6.45, 7) is 6.51. The third-order valence-corrected chi connectivity index (χ3v) is 6.43. The second-order valence-electron chi connectivity index (χ2n) is 8.95. The van der Waals surface area contributed by atoms with Gasteiger partial charge in [0.25, 0.3) is 0 Å². The van der Waals surface area contributed by atoms with Crippen LogP contribution in [-0.2, 0) is 4.74 Å². The number of carbonyl (C=O) groups excluding carboxylic acids is 1. The molecule has 0 atom stereocenters. The second-order valence-corrected chi connectivity index (χ2v) is 8.95. The summed E-state index contributed by atoms with van der Waals surface area (Å²) in [7, 11) is 1.47. The zero-order valence-corrected chi connectivity index (χ0v) is 21.2. The molecule has 5 rings (SSSR count). The number of amides is 1. The van der Waals surface area contributed by atoms with Crippen molar-refractivity contribution in [1.29, 1.82) is 0 Å². The maximum atomic E-state index is 14.7. The average Bonchev–Trinajstić information content (AvgIpc) is 3.34. The van der Waals surface area contributed by atoms with Gasteiger partial charge in [-0.25, -0.2) is 13.9 Å². The molecule has 2 aromatic carbocycles. The molecule has 2 aromatic heterocycles. The van der Waals surface area contributed by atoms with Crippen LogP contribution in [0.15, 0.2) is 48.7 Å². The number of nitrogens with one attached hydrogen (secondary N) is 1. The molecule has 3 heterocycles. The maximum Gasteiger partial charge on any atom is 0.248 e. The Kier molecular flexibility index (Phi) is 8.62. The number of carbonyl (C=O) groups is 1. The van der Waals surface area contributed by atoms with Crippen molar-refractivity contribution in [2.24, 2.45) is 5.73 Å². The first-order chi connectivity index (χ1) is 18.4. The van der Waals surface area contributed by atoms with Crippen molar-refractivity contribution in [2.75, 3.05) is 51.8 Å². The van der Waals surface area contributed by atoms with Gasteiger partial charge in [0.05, 0.1) is 37.9 Å². The van der Waals surface area contributed by atoms with Crippen LogP contribution >= 0.6 is 0 Å². The van der Waals surface area contributed by atoms with Gasteiger partial charge in [0.2, 0.25) is 11.8 Å². The molecule has 1 aliphatic heterocycles. The van der Waals surface area contributed by atoms with E-state index < -0.39 is 11.7 Å². The fourth-order valence-electron chi connectivity index (χ4n) is 4.40. The summed E-state index contributed by atoms with van der Waals surface area (Å²) in [5, 5.41) is 8.05. The highest BCUT2D eigenvalue weighted by molar-refractivity contribution is 5.94. The Morgan fingerprint density at radius 1 is 1.18 bits per heavy atom. The number of hydrogen-bond donors (Lipinski definition) is 2. The lowest BCUT2D eigenvalue weighted by molar-refractivity contribution is 0.0398. The summed E-state index contributed by atoms with van der Waals surface area (Å²) in [5.74, 6) is -0.485. The van der Waals surface area contributed by atoms with Crippen molar-refractivity contribution >= 4 is 17.2 Å². The summed E-state index contributed by atoms with van der Waals surface area (Å²) in [6.07, 6.45) is 1.70. The minimum atomic E-state index is -0.573. The van der Waals surface area contributed by atoms with E-state index in [-0.39, 0.29) is 19.1 Å². The number of benzene rings is 2. The number of imidazole rings is 1. The molecule has 0 aliphatic carbocycles. The van der Waals surface area contributed by atoms with Crippen LogP contribution in [0.3, 0.4) is 0 Å². The Hall–Kier alpha value is -4.22. The van der Waals surface area contributed by atoms with Crippen LogP contribution in [0.25, 0.3) is 16.9 Å². The van der Waals surface area contributed by atoms with E-state index in [0.717, 1.165) is 44.0 Å². The second kappa shape index (κ2) is 12.1. The minimum Gasteiger partial charge on any atom is -0.497 e. The molecule has 1 fully saturated rings. The third kappa shape index (κ3) is 6.10. The highest BCUT2D eigenvalue weighted by atomic mass is 19.1. The molecule has 0 radical (unpaired) electrons. The Bertz CT molecular complexity index is 1470. The maximum absolute atomic E-state index is 14.7. The smallest absolute Gasteiger partial charge is 0.248 e. The molecule has 3 N–H and O–H groups in total. The average molecular weight is 537 g/mol. The first-order valence-electron chi connectivity index (χ1n) is 12.3. The van der Waals surface area contributed by atoms with Gasteiger partial charge in [-0.05, 0) is 36.8 Å². The van der Waals surface area contributed by atoms with E-state index in [4.69, 9.17) is 19.9 Å². The highest BCUT2D eigenvalue weighted by Gasteiger charge is 2.17. The van der Waals surface area contributed by atoms with Crippen LogP contribution in [0.1, 0.15) is 23.3 Å². The predicted molar refractivity (Wildman–Crippen MR) is 147 cm³/mol. The van der Waals surface area contributed by atoms with Crippen LogP contribution in [0.2, 0.25) is 0 Å². The van der Waals surface area contributed by atoms with Crippen LogP contribution in [-0.4, -0.2) is 71.9 Å². The van der Waals surface area contributed by atoms with Crippen molar-refractivity contribution in [3.05, 3.63) is 65.6 Å². The summed E-state index contributed by atoms with van der Waals surface area (Å²) in [4.78, 5) is 18.6. The number of aromatic nitrogens is 3. The van der Waals surface area contributed by atoms with Crippen molar-refractivity contribution in [1.82, 2.24) is 19.5 Å². The number of primary amides is 1. The van der Waals surface area contributed by atoms with Gasteiger partial charge in [-0.3, -0.25) is 9.69 Å². The predicted octanol–water partition coefficient (Wildman–Crippen LogP) is 4.12. The van der Waals surface area contributed by atoms with Crippen molar-refractivity contribution in [3.63, 3.8) is 0 Å². The molecular formula is C28H33FN6O4. The number of rotatable bonds is 9. The third-order valence-electron chi connectivity index (χ3n) is 6.43. The molecule has 1 aliphatic rings. The Morgan fingerprint density at radius 3 is 2.67 bits per heavy atom. The van der Waals surface area contributed by atoms with E-state index in [1.807, 2.05) is 13.0 Å².